The summed E-state index contributed by atoms with van der Waals surface area (Å²) in [4.78, 5) is 23.5. The lowest BCUT2D eigenvalue weighted by molar-refractivity contribution is -0.384. The van der Waals surface area contributed by atoms with Gasteiger partial charge in [0.15, 0.2) is 6.10 Å². The van der Waals surface area contributed by atoms with Crippen molar-refractivity contribution in [2.24, 2.45) is 0 Å². The Bertz CT molecular complexity index is 579. The van der Waals surface area contributed by atoms with Crippen molar-refractivity contribution in [2.75, 3.05) is 11.4 Å². The molecule has 0 aliphatic carbocycles. The number of ether oxygens (including phenoxy) is 1. The number of rotatable bonds is 3. The van der Waals surface area contributed by atoms with Gasteiger partial charge in [-0.3, -0.25) is 19.8 Å². The second-order valence-electron chi connectivity index (χ2n) is 4.01. The Hall–Kier alpha value is -2.62. The molecule has 1 unspecified atom stereocenters. The summed E-state index contributed by atoms with van der Waals surface area (Å²) in [6.45, 7) is 1.64. The Morgan fingerprint density at radius 2 is 2.32 bits per heavy atom. The molecular weight excluding hydrogens is 250 g/mol. The molecule has 0 bridgehead atoms. The second-order valence-corrected chi connectivity index (χ2v) is 4.01. The van der Waals surface area contributed by atoms with Crippen LogP contribution >= 0.6 is 0 Å². The van der Waals surface area contributed by atoms with E-state index in [-0.39, 0.29) is 23.8 Å². The van der Waals surface area contributed by atoms with E-state index in [1.165, 1.54) is 23.1 Å². The fourth-order valence-corrected chi connectivity index (χ4v) is 1.92. The van der Waals surface area contributed by atoms with Gasteiger partial charge in [0.05, 0.1) is 16.7 Å². The van der Waals surface area contributed by atoms with Crippen molar-refractivity contribution in [3.63, 3.8) is 0 Å². The summed E-state index contributed by atoms with van der Waals surface area (Å²) in [5.74, 6) is 0.0318. The first-order valence-corrected chi connectivity index (χ1v) is 5.72. The standard InChI is InChI=1S/C12H11N3O4/c1-2-10-12(16)14(6-5-13)9-7-8(15(17)18)3-4-11(9)19-10/h3-4,7,10H,2,6H2,1H3. The maximum atomic E-state index is 12.1. The number of fused-ring (bicyclic) bond motifs is 1. The van der Waals surface area contributed by atoms with Crippen LogP contribution in [-0.2, 0) is 4.79 Å². The molecule has 1 aromatic rings. The van der Waals surface area contributed by atoms with Gasteiger partial charge in [-0.2, -0.15) is 5.26 Å². The average molecular weight is 261 g/mol. The number of hydrogen-bond acceptors (Lipinski definition) is 5. The van der Waals surface area contributed by atoms with Gasteiger partial charge in [-0.1, -0.05) is 6.92 Å². The lowest BCUT2D eigenvalue weighted by Crippen LogP contribution is -2.45. The van der Waals surface area contributed by atoms with E-state index in [0.29, 0.717) is 12.2 Å². The van der Waals surface area contributed by atoms with Crippen molar-refractivity contribution in [1.29, 1.82) is 5.26 Å². The largest absolute Gasteiger partial charge is 0.478 e. The maximum Gasteiger partial charge on any atom is 0.271 e. The van der Waals surface area contributed by atoms with Gasteiger partial charge in [0.2, 0.25) is 0 Å². The van der Waals surface area contributed by atoms with Gasteiger partial charge < -0.3 is 4.74 Å². The molecule has 7 heteroatoms. The molecule has 19 heavy (non-hydrogen) atoms. The summed E-state index contributed by atoms with van der Waals surface area (Å²) < 4.78 is 5.48. The molecule has 1 atom stereocenters. The summed E-state index contributed by atoms with van der Waals surface area (Å²) in [6, 6.07) is 5.89. The highest BCUT2D eigenvalue weighted by Crippen LogP contribution is 2.37. The summed E-state index contributed by atoms with van der Waals surface area (Å²) in [7, 11) is 0. The zero-order chi connectivity index (χ0) is 14.0. The summed E-state index contributed by atoms with van der Waals surface area (Å²) in [6.07, 6.45) is -0.181. The number of amides is 1. The molecule has 0 saturated heterocycles. The van der Waals surface area contributed by atoms with Crippen molar-refractivity contribution in [2.45, 2.75) is 19.4 Å². The molecule has 1 heterocycles. The number of carbonyl (C=O) groups is 1. The number of anilines is 1. The highest BCUT2D eigenvalue weighted by Gasteiger charge is 2.34. The van der Waals surface area contributed by atoms with Gasteiger partial charge in [0.1, 0.15) is 12.3 Å². The number of carbonyl (C=O) groups excluding carboxylic acids is 1. The second kappa shape index (κ2) is 4.94. The predicted octanol–water partition coefficient (Wildman–Crippen LogP) is 1.62. The zero-order valence-electron chi connectivity index (χ0n) is 10.2. The fourth-order valence-electron chi connectivity index (χ4n) is 1.92. The molecule has 0 N–H and O–H groups in total. The van der Waals surface area contributed by atoms with E-state index < -0.39 is 11.0 Å². The summed E-state index contributed by atoms with van der Waals surface area (Å²) in [5, 5.41) is 19.5. The number of non-ortho nitro benzene ring substituents is 1. The average Bonchev–Trinajstić information content (AvgIpc) is 2.41. The number of benzene rings is 1. The molecule has 98 valence electrons. The number of nitro benzene ring substituents is 1. The predicted molar refractivity (Wildman–Crippen MR) is 65.8 cm³/mol. The molecule has 0 saturated carbocycles. The maximum absolute atomic E-state index is 12.1. The van der Waals surface area contributed by atoms with Gasteiger partial charge in [-0.15, -0.1) is 0 Å². The van der Waals surface area contributed by atoms with E-state index in [0.717, 1.165) is 0 Å². The van der Waals surface area contributed by atoms with Crippen molar-refractivity contribution in [3.8, 4) is 11.8 Å². The summed E-state index contributed by atoms with van der Waals surface area (Å²) >= 11 is 0. The Kier molecular flexibility index (Phi) is 3.33. The Balaban J connectivity index is 2.50. The molecule has 0 fully saturated rings. The van der Waals surface area contributed by atoms with E-state index in [4.69, 9.17) is 10.00 Å². The van der Waals surface area contributed by atoms with E-state index in [1.54, 1.807) is 6.92 Å². The third-order valence-corrected chi connectivity index (χ3v) is 2.85. The number of nitriles is 1. The Labute approximate surface area is 109 Å². The van der Waals surface area contributed by atoms with Crippen molar-refractivity contribution >= 4 is 17.3 Å². The highest BCUT2D eigenvalue weighted by molar-refractivity contribution is 6.00. The first-order chi connectivity index (χ1) is 9.08. The van der Waals surface area contributed by atoms with Crippen LogP contribution in [0.25, 0.3) is 0 Å². The minimum atomic E-state index is -0.651. The van der Waals surface area contributed by atoms with Crippen LogP contribution in [0.4, 0.5) is 11.4 Å². The van der Waals surface area contributed by atoms with Crippen molar-refractivity contribution in [1.82, 2.24) is 0 Å². The van der Waals surface area contributed by atoms with Crippen LogP contribution in [0.1, 0.15) is 13.3 Å². The molecule has 1 aromatic carbocycles. The third kappa shape index (κ3) is 2.20. The van der Waals surface area contributed by atoms with Gasteiger partial charge in [0.25, 0.3) is 11.6 Å². The van der Waals surface area contributed by atoms with Crippen LogP contribution in [0.15, 0.2) is 18.2 Å². The SMILES string of the molecule is CCC1Oc2ccc([N+](=O)[O-])cc2N(CC#N)C1=O. The normalized spacial score (nSPS) is 17.4. The number of nitrogens with zero attached hydrogens (tertiary/aromatic N) is 3. The molecule has 0 spiro atoms. The molecule has 0 radical (unpaired) electrons. The Morgan fingerprint density at radius 1 is 1.58 bits per heavy atom. The Morgan fingerprint density at radius 3 is 2.89 bits per heavy atom. The highest BCUT2D eigenvalue weighted by atomic mass is 16.6. The van der Waals surface area contributed by atoms with Crippen LogP contribution in [0.3, 0.4) is 0 Å². The molecule has 7 nitrogen and oxygen atoms in total. The molecular formula is C12H11N3O4. The van der Waals surface area contributed by atoms with Gasteiger partial charge >= 0.3 is 0 Å². The third-order valence-electron chi connectivity index (χ3n) is 2.85. The van der Waals surface area contributed by atoms with Crippen LogP contribution < -0.4 is 9.64 Å². The fraction of sp³-hybridized carbons (Fsp3) is 0.333. The first-order valence-electron chi connectivity index (χ1n) is 5.72. The lowest BCUT2D eigenvalue weighted by Gasteiger charge is -2.32. The minimum absolute atomic E-state index is 0.145. The lowest BCUT2D eigenvalue weighted by atomic mass is 10.1. The molecule has 1 amide bonds. The molecule has 0 aromatic heterocycles. The van der Waals surface area contributed by atoms with Crippen LogP contribution in [0, 0.1) is 21.4 Å². The van der Waals surface area contributed by atoms with E-state index in [9.17, 15) is 14.9 Å². The van der Waals surface area contributed by atoms with E-state index in [2.05, 4.69) is 0 Å². The van der Waals surface area contributed by atoms with Crippen LogP contribution in [0.2, 0.25) is 0 Å². The minimum Gasteiger partial charge on any atom is -0.478 e. The monoisotopic (exact) mass is 261 g/mol. The molecule has 1 aliphatic rings. The van der Waals surface area contributed by atoms with Crippen LogP contribution in [-0.4, -0.2) is 23.5 Å². The van der Waals surface area contributed by atoms with Gasteiger partial charge in [0, 0.05) is 12.1 Å². The van der Waals surface area contributed by atoms with E-state index >= 15 is 0 Å². The number of nitro groups is 1. The zero-order valence-corrected chi connectivity index (χ0v) is 10.2. The topological polar surface area (TPSA) is 96.5 Å². The molecule has 2 rings (SSSR count). The number of hydrogen-bond donors (Lipinski definition) is 0. The summed E-state index contributed by atoms with van der Waals surface area (Å²) in [5.41, 5.74) is 0.124. The van der Waals surface area contributed by atoms with Crippen molar-refractivity contribution in [3.05, 3.63) is 28.3 Å². The van der Waals surface area contributed by atoms with Crippen LogP contribution in [0.5, 0.6) is 5.75 Å². The van der Waals surface area contributed by atoms with E-state index in [1.807, 2.05) is 6.07 Å². The quantitative estimate of drug-likeness (QED) is 0.468. The first kappa shape index (κ1) is 12.8. The van der Waals surface area contributed by atoms with Gasteiger partial charge in [-0.25, -0.2) is 0 Å². The smallest absolute Gasteiger partial charge is 0.271 e. The van der Waals surface area contributed by atoms with Crippen molar-refractivity contribution < 1.29 is 14.5 Å². The van der Waals surface area contributed by atoms with Gasteiger partial charge in [-0.05, 0) is 12.5 Å². The molecule has 1 aliphatic heterocycles.